The predicted molar refractivity (Wildman–Crippen MR) is 86.3 cm³/mol. The van der Waals surface area contributed by atoms with Crippen LogP contribution < -0.4 is 5.32 Å². The number of nitrogens with zero attached hydrogens (tertiary/aromatic N) is 1. The highest BCUT2D eigenvalue weighted by molar-refractivity contribution is 7.90. The largest absolute Gasteiger partial charge is 0.441 e. The lowest BCUT2D eigenvalue weighted by atomic mass is 10.2. The number of fused-ring (bicyclic) bond motifs is 1. The standard InChI is InChI=1S/C16H14N2O4S/c1-10-17-14-9-12(5-8-15(14)22-10)18-16(19)11-3-6-13(7-4-11)23(2,20)21/h3-9H,1-2H3,(H,18,19). The fourth-order valence-electron chi connectivity index (χ4n) is 2.18. The van der Waals surface area contributed by atoms with Gasteiger partial charge in [0.15, 0.2) is 21.3 Å². The molecule has 0 spiro atoms. The van der Waals surface area contributed by atoms with Crippen LogP contribution in [0.25, 0.3) is 11.1 Å². The Balaban J connectivity index is 1.82. The number of sulfone groups is 1. The first-order valence-electron chi connectivity index (χ1n) is 6.81. The topological polar surface area (TPSA) is 89.3 Å². The first kappa shape index (κ1) is 15.2. The number of hydrogen-bond acceptors (Lipinski definition) is 5. The van der Waals surface area contributed by atoms with E-state index in [-0.39, 0.29) is 10.8 Å². The molecule has 118 valence electrons. The zero-order valence-electron chi connectivity index (χ0n) is 12.5. The molecule has 3 aromatic rings. The number of benzene rings is 2. The van der Waals surface area contributed by atoms with Gasteiger partial charge in [-0.25, -0.2) is 13.4 Å². The van der Waals surface area contributed by atoms with Gasteiger partial charge in [-0.3, -0.25) is 4.79 Å². The third-order valence-electron chi connectivity index (χ3n) is 3.30. The van der Waals surface area contributed by atoms with Gasteiger partial charge in [-0.2, -0.15) is 0 Å². The number of rotatable bonds is 3. The normalized spacial score (nSPS) is 11.6. The Morgan fingerprint density at radius 1 is 1.13 bits per heavy atom. The molecule has 3 rings (SSSR count). The fourth-order valence-corrected chi connectivity index (χ4v) is 2.81. The van der Waals surface area contributed by atoms with Gasteiger partial charge in [0.1, 0.15) is 5.52 Å². The smallest absolute Gasteiger partial charge is 0.255 e. The first-order chi connectivity index (χ1) is 10.8. The Morgan fingerprint density at radius 3 is 2.48 bits per heavy atom. The van der Waals surface area contributed by atoms with Crippen LogP contribution in [0, 0.1) is 6.92 Å². The molecule has 0 unspecified atom stereocenters. The van der Waals surface area contributed by atoms with Gasteiger partial charge in [0.25, 0.3) is 5.91 Å². The van der Waals surface area contributed by atoms with Crippen LogP contribution in [-0.4, -0.2) is 25.6 Å². The third kappa shape index (κ3) is 3.24. The summed E-state index contributed by atoms with van der Waals surface area (Å²) in [5.41, 5.74) is 2.27. The van der Waals surface area contributed by atoms with Crippen LogP contribution in [0.4, 0.5) is 5.69 Å². The zero-order valence-corrected chi connectivity index (χ0v) is 13.3. The Hall–Kier alpha value is -2.67. The number of aryl methyl sites for hydroxylation is 1. The minimum atomic E-state index is -3.28. The number of oxazole rings is 1. The molecular formula is C16H14N2O4S. The molecule has 0 aliphatic rings. The average Bonchev–Trinajstić information content (AvgIpc) is 2.86. The number of amides is 1. The molecule has 23 heavy (non-hydrogen) atoms. The SMILES string of the molecule is Cc1nc2cc(NC(=O)c3ccc(S(C)(=O)=O)cc3)ccc2o1. The summed E-state index contributed by atoms with van der Waals surface area (Å²) in [5, 5.41) is 2.75. The molecule has 0 saturated carbocycles. The zero-order chi connectivity index (χ0) is 16.6. The molecule has 0 fully saturated rings. The number of hydrogen-bond donors (Lipinski definition) is 1. The molecule has 6 nitrogen and oxygen atoms in total. The van der Waals surface area contributed by atoms with E-state index in [0.29, 0.717) is 28.2 Å². The number of carbonyl (C=O) groups is 1. The predicted octanol–water partition coefficient (Wildman–Crippen LogP) is 2.79. The van der Waals surface area contributed by atoms with E-state index in [4.69, 9.17) is 4.42 Å². The van der Waals surface area contributed by atoms with Crippen molar-refractivity contribution in [3.63, 3.8) is 0 Å². The van der Waals surface area contributed by atoms with Gasteiger partial charge in [0, 0.05) is 24.4 Å². The van der Waals surface area contributed by atoms with E-state index < -0.39 is 9.84 Å². The molecule has 1 amide bonds. The molecular weight excluding hydrogens is 316 g/mol. The highest BCUT2D eigenvalue weighted by atomic mass is 32.2. The van der Waals surface area contributed by atoms with Crippen LogP contribution in [0.2, 0.25) is 0 Å². The molecule has 2 aromatic carbocycles. The van der Waals surface area contributed by atoms with Gasteiger partial charge < -0.3 is 9.73 Å². The van der Waals surface area contributed by atoms with Crippen molar-refractivity contribution in [2.45, 2.75) is 11.8 Å². The highest BCUT2D eigenvalue weighted by Gasteiger charge is 2.11. The molecule has 0 aliphatic heterocycles. The quantitative estimate of drug-likeness (QED) is 0.797. The van der Waals surface area contributed by atoms with E-state index in [1.807, 2.05) is 0 Å². The van der Waals surface area contributed by atoms with Gasteiger partial charge in [-0.1, -0.05) is 0 Å². The van der Waals surface area contributed by atoms with Gasteiger partial charge >= 0.3 is 0 Å². The Labute approximate surface area is 133 Å². The van der Waals surface area contributed by atoms with Gasteiger partial charge in [-0.05, 0) is 42.5 Å². The maximum Gasteiger partial charge on any atom is 0.255 e. The third-order valence-corrected chi connectivity index (χ3v) is 4.43. The van der Waals surface area contributed by atoms with Crippen LogP contribution in [-0.2, 0) is 9.84 Å². The average molecular weight is 330 g/mol. The van der Waals surface area contributed by atoms with E-state index in [9.17, 15) is 13.2 Å². The minimum absolute atomic E-state index is 0.175. The summed E-state index contributed by atoms with van der Waals surface area (Å²) in [4.78, 5) is 16.6. The van der Waals surface area contributed by atoms with E-state index in [1.165, 1.54) is 24.3 Å². The maximum atomic E-state index is 12.2. The van der Waals surface area contributed by atoms with Crippen molar-refractivity contribution in [3.8, 4) is 0 Å². The Kier molecular flexibility index (Phi) is 3.65. The Morgan fingerprint density at radius 2 is 1.83 bits per heavy atom. The van der Waals surface area contributed by atoms with E-state index in [2.05, 4.69) is 10.3 Å². The molecule has 0 atom stereocenters. The highest BCUT2D eigenvalue weighted by Crippen LogP contribution is 2.20. The number of anilines is 1. The summed E-state index contributed by atoms with van der Waals surface area (Å²) in [6, 6.07) is 10.9. The summed E-state index contributed by atoms with van der Waals surface area (Å²) in [6.07, 6.45) is 1.12. The molecule has 0 aliphatic carbocycles. The van der Waals surface area contributed by atoms with Crippen molar-refractivity contribution >= 4 is 32.5 Å². The second-order valence-corrected chi connectivity index (χ2v) is 7.18. The van der Waals surface area contributed by atoms with Crippen molar-refractivity contribution in [3.05, 3.63) is 53.9 Å². The van der Waals surface area contributed by atoms with Crippen molar-refractivity contribution in [2.75, 3.05) is 11.6 Å². The summed E-state index contributed by atoms with van der Waals surface area (Å²) >= 11 is 0. The number of aromatic nitrogens is 1. The van der Waals surface area contributed by atoms with Crippen molar-refractivity contribution in [1.29, 1.82) is 0 Å². The second-order valence-electron chi connectivity index (χ2n) is 5.17. The lowest BCUT2D eigenvalue weighted by Gasteiger charge is -2.05. The maximum absolute atomic E-state index is 12.2. The van der Waals surface area contributed by atoms with E-state index in [0.717, 1.165) is 6.26 Å². The fraction of sp³-hybridized carbons (Fsp3) is 0.125. The van der Waals surface area contributed by atoms with Crippen molar-refractivity contribution < 1.29 is 17.6 Å². The van der Waals surface area contributed by atoms with Crippen LogP contribution >= 0.6 is 0 Å². The monoisotopic (exact) mass is 330 g/mol. The summed E-state index contributed by atoms with van der Waals surface area (Å²) in [5.74, 6) is 0.226. The van der Waals surface area contributed by atoms with Crippen molar-refractivity contribution in [1.82, 2.24) is 4.98 Å². The van der Waals surface area contributed by atoms with Gasteiger partial charge in [0.2, 0.25) is 0 Å². The molecule has 1 N–H and O–H groups in total. The van der Waals surface area contributed by atoms with Crippen molar-refractivity contribution in [2.24, 2.45) is 0 Å². The summed E-state index contributed by atoms with van der Waals surface area (Å²) in [6.45, 7) is 1.75. The van der Waals surface area contributed by atoms with Crippen LogP contribution in [0.5, 0.6) is 0 Å². The lowest BCUT2D eigenvalue weighted by Crippen LogP contribution is -2.12. The molecule has 0 radical (unpaired) electrons. The molecule has 1 heterocycles. The minimum Gasteiger partial charge on any atom is -0.441 e. The molecule has 0 saturated heterocycles. The van der Waals surface area contributed by atoms with Crippen LogP contribution in [0.15, 0.2) is 51.8 Å². The van der Waals surface area contributed by atoms with Crippen LogP contribution in [0.1, 0.15) is 16.2 Å². The van der Waals surface area contributed by atoms with Crippen LogP contribution in [0.3, 0.4) is 0 Å². The summed E-state index contributed by atoms with van der Waals surface area (Å²) < 4.78 is 28.2. The number of carbonyl (C=O) groups excluding carboxylic acids is 1. The van der Waals surface area contributed by atoms with E-state index >= 15 is 0 Å². The Bertz CT molecular complexity index is 989. The lowest BCUT2D eigenvalue weighted by molar-refractivity contribution is 0.102. The molecule has 7 heteroatoms. The van der Waals surface area contributed by atoms with Gasteiger partial charge in [0.05, 0.1) is 4.90 Å². The second kappa shape index (κ2) is 5.51. The molecule has 1 aromatic heterocycles. The molecule has 0 bridgehead atoms. The number of nitrogens with one attached hydrogen (secondary N) is 1. The first-order valence-corrected chi connectivity index (χ1v) is 8.71. The van der Waals surface area contributed by atoms with E-state index in [1.54, 1.807) is 25.1 Å². The summed E-state index contributed by atoms with van der Waals surface area (Å²) in [7, 11) is -3.28. The van der Waals surface area contributed by atoms with Gasteiger partial charge in [-0.15, -0.1) is 0 Å².